The third kappa shape index (κ3) is 4.05. The summed E-state index contributed by atoms with van der Waals surface area (Å²) in [4.78, 5) is 29.1. The van der Waals surface area contributed by atoms with Crippen LogP contribution in [0.2, 0.25) is 0 Å². The molecule has 7 heteroatoms. The van der Waals surface area contributed by atoms with Crippen LogP contribution >= 0.6 is 0 Å². The largest absolute Gasteiger partial charge is 0.448 e. The lowest BCUT2D eigenvalue weighted by Crippen LogP contribution is -2.32. The topological polar surface area (TPSA) is 94.3 Å². The number of amides is 1. The minimum atomic E-state index is -0.933. The first kappa shape index (κ1) is 17.6. The Morgan fingerprint density at radius 2 is 2.04 bits per heavy atom. The number of hydrogen-bond donors (Lipinski definition) is 1. The maximum absolute atomic E-state index is 12.4. The van der Waals surface area contributed by atoms with Crippen molar-refractivity contribution in [3.05, 3.63) is 53.9 Å². The number of esters is 1. The summed E-state index contributed by atoms with van der Waals surface area (Å²) in [6, 6.07) is 12.4. The zero-order valence-electron chi connectivity index (χ0n) is 14.6. The predicted octanol–water partition coefficient (Wildman–Crippen LogP) is 3.50. The van der Waals surface area contributed by atoms with Gasteiger partial charge < -0.3 is 14.6 Å². The van der Waals surface area contributed by atoms with Crippen LogP contribution in [0.5, 0.6) is 0 Å². The maximum Gasteiger partial charge on any atom is 0.357 e. The Morgan fingerprint density at radius 1 is 1.23 bits per heavy atom. The Balaban J connectivity index is 1.73. The molecule has 1 amide bonds. The van der Waals surface area contributed by atoms with Crippen LogP contribution in [0.25, 0.3) is 10.9 Å². The first-order chi connectivity index (χ1) is 12.6. The molecule has 1 aromatic carbocycles. The highest BCUT2D eigenvalue weighted by Crippen LogP contribution is 2.15. The van der Waals surface area contributed by atoms with Gasteiger partial charge in [-0.1, -0.05) is 42.8 Å². The second-order valence-electron chi connectivity index (χ2n) is 5.88. The normalized spacial score (nSPS) is 11.9. The highest BCUT2D eigenvalue weighted by molar-refractivity contribution is 5.97. The van der Waals surface area contributed by atoms with E-state index in [0.29, 0.717) is 24.1 Å². The lowest BCUT2D eigenvalue weighted by Gasteiger charge is -2.16. The van der Waals surface area contributed by atoms with E-state index in [4.69, 9.17) is 9.26 Å². The van der Waals surface area contributed by atoms with Crippen molar-refractivity contribution in [3.63, 3.8) is 0 Å². The molecule has 0 fully saturated rings. The zero-order chi connectivity index (χ0) is 18.5. The number of rotatable bonds is 6. The van der Waals surface area contributed by atoms with Gasteiger partial charge in [0.2, 0.25) is 0 Å². The SMILES string of the molecule is CCC[C@@H](OC(=O)c1ccc2ccccc2n1)C(=O)Nc1cc(C)on1. The highest BCUT2D eigenvalue weighted by atomic mass is 16.5. The van der Waals surface area contributed by atoms with Gasteiger partial charge in [-0.05, 0) is 25.5 Å². The fraction of sp³-hybridized carbons (Fsp3) is 0.263. The molecule has 2 heterocycles. The van der Waals surface area contributed by atoms with E-state index in [-0.39, 0.29) is 11.5 Å². The quantitative estimate of drug-likeness (QED) is 0.682. The van der Waals surface area contributed by atoms with E-state index in [1.807, 2.05) is 31.2 Å². The molecule has 0 aliphatic carbocycles. The number of para-hydroxylation sites is 1. The molecule has 3 aromatic rings. The van der Waals surface area contributed by atoms with Crippen molar-refractivity contribution < 1.29 is 18.8 Å². The number of benzene rings is 1. The van der Waals surface area contributed by atoms with Crippen molar-refractivity contribution in [1.82, 2.24) is 10.1 Å². The minimum Gasteiger partial charge on any atom is -0.448 e. The monoisotopic (exact) mass is 353 g/mol. The van der Waals surface area contributed by atoms with Gasteiger partial charge in [0, 0.05) is 11.5 Å². The molecule has 3 rings (SSSR count). The standard InChI is InChI=1S/C19H19N3O4/c1-3-6-16(18(23)21-17-11-12(2)26-22-17)25-19(24)15-10-9-13-7-4-5-8-14(13)20-15/h4-5,7-11,16H,3,6H2,1-2H3,(H,21,22,23)/t16-/m1/s1. The fourth-order valence-corrected chi connectivity index (χ4v) is 2.51. The second-order valence-corrected chi connectivity index (χ2v) is 5.88. The van der Waals surface area contributed by atoms with Gasteiger partial charge in [0.25, 0.3) is 5.91 Å². The molecule has 2 aromatic heterocycles. The molecular formula is C19H19N3O4. The summed E-state index contributed by atoms with van der Waals surface area (Å²) < 4.78 is 10.3. The van der Waals surface area contributed by atoms with E-state index in [1.165, 1.54) is 0 Å². The van der Waals surface area contributed by atoms with Crippen LogP contribution in [0.4, 0.5) is 5.82 Å². The lowest BCUT2D eigenvalue weighted by atomic mass is 10.2. The molecule has 0 saturated heterocycles. The summed E-state index contributed by atoms with van der Waals surface area (Å²) in [6.07, 6.45) is 0.133. The number of hydrogen-bond acceptors (Lipinski definition) is 6. The fourth-order valence-electron chi connectivity index (χ4n) is 2.51. The van der Waals surface area contributed by atoms with Gasteiger partial charge in [-0.2, -0.15) is 0 Å². The third-order valence-electron chi connectivity index (χ3n) is 3.78. The smallest absolute Gasteiger partial charge is 0.357 e. The summed E-state index contributed by atoms with van der Waals surface area (Å²) in [5.41, 5.74) is 0.853. The Kier molecular flexibility index (Phi) is 5.26. The molecule has 0 radical (unpaired) electrons. The number of ether oxygens (including phenoxy) is 1. The molecule has 0 unspecified atom stereocenters. The second kappa shape index (κ2) is 7.77. The van der Waals surface area contributed by atoms with Crippen LogP contribution < -0.4 is 5.32 Å². The summed E-state index contributed by atoms with van der Waals surface area (Å²) in [5, 5.41) is 7.23. The van der Waals surface area contributed by atoms with Gasteiger partial charge in [0.05, 0.1) is 5.52 Å². The number of carbonyl (C=O) groups excluding carboxylic acids is 2. The average Bonchev–Trinajstić information content (AvgIpc) is 3.05. The molecule has 1 N–H and O–H groups in total. The number of aryl methyl sites for hydroxylation is 1. The van der Waals surface area contributed by atoms with Gasteiger partial charge in [-0.25, -0.2) is 9.78 Å². The van der Waals surface area contributed by atoms with Crippen LogP contribution in [-0.2, 0) is 9.53 Å². The van der Waals surface area contributed by atoms with E-state index in [0.717, 1.165) is 5.39 Å². The van der Waals surface area contributed by atoms with E-state index >= 15 is 0 Å². The predicted molar refractivity (Wildman–Crippen MR) is 95.7 cm³/mol. The van der Waals surface area contributed by atoms with Crippen LogP contribution in [0.15, 0.2) is 47.0 Å². The number of carbonyl (C=O) groups is 2. The molecule has 134 valence electrons. The van der Waals surface area contributed by atoms with E-state index in [1.54, 1.807) is 25.1 Å². The molecule has 0 aliphatic rings. The molecule has 1 atom stereocenters. The van der Waals surface area contributed by atoms with Gasteiger partial charge in [0.15, 0.2) is 11.9 Å². The molecule has 26 heavy (non-hydrogen) atoms. The van der Waals surface area contributed by atoms with E-state index < -0.39 is 18.0 Å². The van der Waals surface area contributed by atoms with Crippen LogP contribution in [0.1, 0.15) is 36.0 Å². The summed E-state index contributed by atoms with van der Waals surface area (Å²) in [5.74, 6) is -0.229. The van der Waals surface area contributed by atoms with Crippen molar-refractivity contribution in [2.24, 2.45) is 0 Å². The molecule has 0 aliphatic heterocycles. The highest BCUT2D eigenvalue weighted by Gasteiger charge is 2.24. The van der Waals surface area contributed by atoms with Crippen LogP contribution in [0, 0.1) is 6.92 Å². The Morgan fingerprint density at radius 3 is 2.77 bits per heavy atom. The lowest BCUT2D eigenvalue weighted by molar-refractivity contribution is -0.125. The first-order valence-corrected chi connectivity index (χ1v) is 8.38. The van der Waals surface area contributed by atoms with Crippen LogP contribution in [-0.4, -0.2) is 28.1 Å². The average molecular weight is 353 g/mol. The van der Waals surface area contributed by atoms with Crippen molar-refractivity contribution in [2.75, 3.05) is 5.32 Å². The Labute approximate surface area is 150 Å². The minimum absolute atomic E-state index is 0.162. The van der Waals surface area contributed by atoms with Gasteiger partial charge >= 0.3 is 5.97 Å². The Bertz CT molecular complexity index is 935. The Hall–Kier alpha value is -3.22. The van der Waals surface area contributed by atoms with Crippen molar-refractivity contribution in [3.8, 4) is 0 Å². The van der Waals surface area contributed by atoms with Gasteiger partial charge in [-0.3, -0.25) is 4.79 Å². The number of fused-ring (bicyclic) bond motifs is 1. The summed E-state index contributed by atoms with van der Waals surface area (Å²) >= 11 is 0. The molecule has 0 saturated carbocycles. The van der Waals surface area contributed by atoms with Crippen molar-refractivity contribution in [2.45, 2.75) is 32.8 Å². The third-order valence-corrected chi connectivity index (χ3v) is 3.78. The van der Waals surface area contributed by atoms with Crippen molar-refractivity contribution >= 4 is 28.6 Å². The maximum atomic E-state index is 12.4. The molecule has 0 bridgehead atoms. The first-order valence-electron chi connectivity index (χ1n) is 8.38. The molecule has 7 nitrogen and oxygen atoms in total. The van der Waals surface area contributed by atoms with E-state index in [2.05, 4.69) is 15.5 Å². The van der Waals surface area contributed by atoms with Gasteiger partial charge in [-0.15, -0.1) is 0 Å². The number of nitrogens with zero attached hydrogens (tertiary/aromatic N) is 2. The van der Waals surface area contributed by atoms with Crippen LogP contribution in [0.3, 0.4) is 0 Å². The zero-order valence-corrected chi connectivity index (χ0v) is 14.6. The van der Waals surface area contributed by atoms with Gasteiger partial charge in [0.1, 0.15) is 11.5 Å². The summed E-state index contributed by atoms with van der Waals surface area (Å²) in [7, 11) is 0. The number of pyridine rings is 1. The number of aromatic nitrogens is 2. The molecule has 0 spiro atoms. The van der Waals surface area contributed by atoms with E-state index in [9.17, 15) is 9.59 Å². The number of nitrogens with one attached hydrogen (secondary N) is 1. The van der Waals surface area contributed by atoms with Crippen molar-refractivity contribution in [1.29, 1.82) is 0 Å². The number of anilines is 1. The molecular weight excluding hydrogens is 334 g/mol. The summed E-state index contributed by atoms with van der Waals surface area (Å²) in [6.45, 7) is 3.63.